The molecule has 0 saturated heterocycles. The van der Waals surface area contributed by atoms with Crippen LogP contribution in [0.2, 0.25) is 5.22 Å². The lowest BCUT2D eigenvalue weighted by atomic mass is 10.1. The van der Waals surface area contributed by atoms with E-state index in [1.807, 2.05) is 26.0 Å². The van der Waals surface area contributed by atoms with Crippen LogP contribution in [0.15, 0.2) is 22.9 Å². The second kappa shape index (κ2) is 7.97. The number of pyridine rings is 1. The van der Waals surface area contributed by atoms with Gasteiger partial charge in [-0.3, -0.25) is 4.79 Å². The molecule has 0 aliphatic rings. The molecule has 2 aromatic heterocycles. The molecule has 0 fully saturated rings. The summed E-state index contributed by atoms with van der Waals surface area (Å²) in [4.78, 5) is 16.2. The molecule has 0 saturated carbocycles. The van der Waals surface area contributed by atoms with Crippen molar-refractivity contribution in [3.05, 3.63) is 40.4 Å². The van der Waals surface area contributed by atoms with Gasteiger partial charge in [-0.05, 0) is 44.9 Å². The summed E-state index contributed by atoms with van der Waals surface area (Å²) in [5.74, 6) is 0.460. The van der Waals surface area contributed by atoms with Crippen molar-refractivity contribution >= 4 is 17.5 Å². The summed E-state index contributed by atoms with van der Waals surface area (Å²) in [7, 11) is 0. The summed E-state index contributed by atoms with van der Waals surface area (Å²) in [5.41, 5.74) is 2.32. The third kappa shape index (κ3) is 4.96. The van der Waals surface area contributed by atoms with E-state index in [0.29, 0.717) is 31.0 Å². The Hall–Kier alpha value is -2.08. The number of rotatable bonds is 7. The molecule has 0 atom stereocenters. The first kappa shape index (κ1) is 17.3. The Kier molecular flexibility index (Phi) is 5.98. The van der Waals surface area contributed by atoms with Crippen molar-refractivity contribution in [3.8, 4) is 5.88 Å². The molecule has 7 heteroatoms. The summed E-state index contributed by atoms with van der Waals surface area (Å²) < 4.78 is 10.5. The van der Waals surface area contributed by atoms with Crippen LogP contribution in [0.5, 0.6) is 5.88 Å². The molecule has 0 radical (unpaired) electrons. The van der Waals surface area contributed by atoms with Crippen molar-refractivity contribution in [2.45, 2.75) is 46.3 Å². The molecule has 0 bridgehead atoms. The SMILES string of the molecule is Cc1noc(Cl)c1CCC(=O)NCc1cccnc1OC(C)C. The third-order valence-electron chi connectivity index (χ3n) is 3.21. The van der Waals surface area contributed by atoms with Gasteiger partial charge in [0.1, 0.15) is 0 Å². The van der Waals surface area contributed by atoms with Gasteiger partial charge in [0.2, 0.25) is 17.0 Å². The molecule has 6 nitrogen and oxygen atoms in total. The number of aryl methyl sites for hydroxylation is 1. The minimum Gasteiger partial charge on any atom is -0.475 e. The maximum atomic E-state index is 12.0. The topological polar surface area (TPSA) is 77.3 Å². The maximum Gasteiger partial charge on any atom is 0.229 e. The number of carbonyl (C=O) groups is 1. The normalized spacial score (nSPS) is 10.8. The second-order valence-electron chi connectivity index (χ2n) is 5.43. The van der Waals surface area contributed by atoms with Gasteiger partial charge in [-0.2, -0.15) is 0 Å². The number of hydrogen-bond acceptors (Lipinski definition) is 5. The molecule has 2 heterocycles. The minimum absolute atomic E-state index is 0.0260. The lowest BCUT2D eigenvalue weighted by Crippen LogP contribution is -2.24. The van der Waals surface area contributed by atoms with Crippen LogP contribution in [0.4, 0.5) is 0 Å². The zero-order valence-electron chi connectivity index (χ0n) is 13.4. The van der Waals surface area contributed by atoms with Gasteiger partial charge in [0.15, 0.2) is 0 Å². The predicted molar refractivity (Wildman–Crippen MR) is 86.4 cm³/mol. The standard InChI is InChI=1S/C16H20ClN3O3/c1-10(2)22-16-12(5-4-8-18-16)9-19-14(21)7-6-13-11(3)20-23-15(13)17/h4-5,8,10H,6-7,9H2,1-3H3,(H,19,21). The summed E-state index contributed by atoms with van der Waals surface area (Å²) >= 11 is 5.89. The van der Waals surface area contributed by atoms with Gasteiger partial charge in [0, 0.05) is 30.3 Å². The van der Waals surface area contributed by atoms with Crippen LogP contribution < -0.4 is 10.1 Å². The molecule has 2 aromatic rings. The van der Waals surface area contributed by atoms with E-state index in [1.165, 1.54) is 0 Å². The number of nitrogens with zero attached hydrogens (tertiary/aromatic N) is 2. The van der Waals surface area contributed by atoms with Gasteiger partial charge in [-0.15, -0.1) is 0 Å². The Bertz CT molecular complexity index is 651. The molecule has 0 aliphatic heterocycles. The van der Waals surface area contributed by atoms with Crippen LogP contribution in [0.25, 0.3) is 0 Å². The van der Waals surface area contributed by atoms with Crippen LogP contribution in [0, 0.1) is 6.92 Å². The average Bonchev–Trinajstić information content (AvgIpc) is 2.82. The monoisotopic (exact) mass is 337 g/mol. The minimum atomic E-state index is -0.0824. The number of halogens is 1. The van der Waals surface area contributed by atoms with Crippen molar-refractivity contribution in [2.24, 2.45) is 0 Å². The number of carbonyl (C=O) groups excluding carboxylic acids is 1. The zero-order chi connectivity index (χ0) is 16.8. The van der Waals surface area contributed by atoms with Crippen molar-refractivity contribution in [3.63, 3.8) is 0 Å². The summed E-state index contributed by atoms with van der Waals surface area (Å²) in [6.45, 7) is 6.03. The number of aromatic nitrogens is 2. The lowest BCUT2D eigenvalue weighted by molar-refractivity contribution is -0.121. The molecule has 1 N–H and O–H groups in total. The first-order valence-electron chi connectivity index (χ1n) is 7.45. The summed E-state index contributed by atoms with van der Waals surface area (Å²) in [6.07, 6.45) is 2.49. The van der Waals surface area contributed by atoms with E-state index in [0.717, 1.165) is 11.1 Å². The third-order valence-corrected chi connectivity index (χ3v) is 3.51. The quantitative estimate of drug-likeness (QED) is 0.840. The molecule has 1 amide bonds. The van der Waals surface area contributed by atoms with E-state index in [-0.39, 0.29) is 17.2 Å². The van der Waals surface area contributed by atoms with E-state index < -0.39 is 0 Å². The highest BCUT2D eigenvalue weighted by molar-refractivity contribution is 6.29. The molecular formula is C16H20ClN3O3. The smallest absolute Gasteiger partial charge is 0.229 e. The van der Waals surface area contributed by atoms with E-state index in [4.69, 9.17) is 20.9 Å². The van der Waals surface area contributed by atoms with E-state index in [9.17, 15) is 4.79 Å². The van der Waals surface area contributed by atoms with Gasteiger partial charge in [-0.1, -0.05) is 11.2 Å². The number of hydrogen-bond donors (Lipinski definition) is 1. The summed E-state index contributed by atoms with van der Waals surface area (Å²) in [6, 6.07) is 3.70. The number of ether oxygens (including phenoxy) is 1. The first-order chi connectivity index (χ1) is 11.0. The van der Waals surface area contributed by atoms with E-state index in [2.05, 4.69) is 15.5 Å². The molecule has 0 unspecified atom stereocenters. The molecule has 23 heavy (non-hydrogen) atoms. The highest BCUT2D eigenvalue weighted by Gasteiger charge is 2.13. The van der Waals surface area contributed by atoms with Gasteiger partial charge >= 0.3 is 0 Å². The predicted octanol–water partition coefficient (Wildman–Crippen LogP) is 3.07. The molecule has 0 spiro atoms. The first-order valence-corrected chi connectivity index (χ1v) is 7.83. The van der Waals surface area contributed by atoms with Crippen molar-refractivity contribution in [1.29, 1.82) is 0 Å². The van der Waals surface area contributed by atoms with Gasteiger partial charge in [-0.25, -0.2) is 4.98 Å². The maximum absolute atomic E-state index is 12.0. The largest absolute Gasteiger partial charge is 0.475 e. The fraction of sp³-hybridized carbons (Fsp3) is 0.438. The van der Waals surface area contributed by atoms with Crippen LogP contribution in [0.1, 0.15) is 37.1 Å². The Balaban J connectivity index is 1.87. The van der Waals surface area contributed by atoms with Crippen LogP contribution in [0.3, 0.4) is 0 Å². The zero-order valence-corrected chi connectivity index (χ0v) is 14.2. The second-order valence-corrected chi connectivity index (χ2v) is 5.77. The highest BCUT2D eigenvalue weighted by Crippen LogP contribution is 2.20. The van der Waals surface area contributed by atoms with Gasteiger partial charge < -0.3 is 14.6 Å². The molecular weight excluding hydrogens is 318 g/mol. The van der Waals surface area contributed by atoms with Gasteiger partial charge in [0.05, 0.1) is 11.8 Å². The lowest BCUT2D eigenvalue weighted by Gasteiger charge is -2.13. The Morgan fingerprint density at radius 2 is 2.26 bits per heavy atom. The molecule has 0 aliphatic carbocycles. The Labute approximate surface area is 140 Å². The van der Waals surface area contributed by atoms with Crippen molar-refractivity contribution < 1.29 is 14.1 Å². The molecule has 2 rings (SSSR count). The van der Waals surface area contributed by atoms with Crippen LogP contribution in [-0.2, 0) is 17.8 Å². The van der Waals surface area contributed by atoms with Crippen molar-refractivity contribution in [1.82, 2.24) is 15.5 Å². The fourth-order valence-electron chi connectivity index (χ4n) is 2.05. The molecule has 124 valence electrons. The average molecular weight is 338 g/mol. The van der Waals surface area contributed by atoms with Crippen LogP contribution in [-0.4, -0.2) is 22.2 Å². The van der Waals surface area contributed by atoms with E-state index >= 15 is 0 Å². The highest BCUT2D eigenvalue weighted by atomic mass is 35.5. The van der Waals surface area contributed by atoms with Crippen molar-refractivity contribution in [2.75, 3.05) is 0 Å². The Morgan fingerprint density at radius 1 is 1.48 bits per heavy atom. The Morgan fingerprint density at radius 3 is 2.91 bits per heavy atom. The van der Waals surface area contributed by atoms with Crippen LogP contribution >= 0.6 is 11.6 Å². The number of nitrogens with one attached hydrogen (secondary N) is 1. The summed E-state index contributed by atoms with van der Waals surface area (Å²) in [5, 5.41) is 6.87. The fourth-order valence-corrected chi connectivity index (χ4v) is 2.31. The van der Waals surface area contributed by atoms with E-state index in [1.54, 1.807) is 13.1 Å². The molecule has 0 aromatic carbocycles. The van der Waals surface area contributed by atoms with Gasteiger partial charge in [0.25, 0.3) is 0 Å². The number of amides is 1.